The van der Waals surface area contributed by atoms with Crippen LogP contribution in [-0.2, 0) is 9.59 Å². The molecule has 0 radical (unpaired) electrons. The summed E-state index contributed by atoms with van der Waals surface area (Å²) in [5, 5.41) is 11.4. The Morgan fingerprint density at radius 2 is 1.32 bits per heavy atom. The molecule has 5 heteroatoms. The lowest BCUT2D eigenvalue weighted by Crippen LogP contribution is -2.32. The van der Waals surface area contributed by atoms with Crippen LogP contribution in [0.5, 0.6) is 0 Å². The monoisotopic (exact) mass is 563 g/mol. The van der Waals surface area contributed by atoms with Crippen molar-refractivity contribution in [1.29, 1.82) is 0 Å². The molecule has 4 nitrogen and oxygen atoms in total. The van der Waals surface area contributed by atoms with Crippen LogP contribution in [0.3, 0.4) is 0 Å². The van der Waals surface area contributed by atoms with E-state index in [4.69, 9.17) is 11.6 Å². The van der Waals surface area contributed by atoms with Gasteiger partial charge < -0.3 is 10.0 Å². The van der Waals surface area contributed by atoms with Gasteiger partial charge >= 0.3 is 0 Å². The van der Waals surface area contributed by atoms with E-state index in [1.807, 2.05) is 42.5 Å². The predicted octanol–water partition coefficient (Wildman–Crippen LogP) is 9.80. The van der Waals surface area contributed by atoms with E-state index in [9.17, 15) is 14.7 Å². The highest BCUT2D eigenvalue weighted by Crippen LogP contribution is 2.38. The average molecular weight is 564 g/mol. The van der Waals surface area contributed by atoms with E-state index in [1.54, 1.807) is 23.1 Å². The maximum Gasteiger partial charge on any atom is 0.290 e. The fourth-order valence-corrected chi connectivity index (χ4v) is 5.56. The summed E-state index contributed by atoms with van der Waals surface area (Å²) in [7, 11) is 0. The molecule has 0 bridgehead atoms. The van der Waals surface area contributed by atoms with E-state index in [2.05, 4.69) is 6.92 Å². The number of ketones is 1. The second-order valence-corrected chi connectivity index (χ2v) is 11.4. The van der Waals surface area contributed by atoms with Gasteiger partial charge in [-0.3, -0.25) is 9.59 Å². The van der Waals surface area contributed by atoms with Crippen molar-refractivity contribution in [3.8, 4) is 0 Å². The first-order valence-corrected chi connectivity index (χ1v) is 15.7. The number of allylic oxidation sites excluding steroid dienone is 1. The Labute approximate surface area is 246 Å². The van der Waals surface area contributed by atoms with Crippen LogP contribution in [0.15, 0.2) is 72.0 Å². The lowest BCUT2D eigenvalue weighted by atomic mass is 9.95. The molecule has 1 aliphatic rings. The van der Waals surface area contributed by atoms with Crippen LogP contribution < -0.4 is 0 Å². The van der Waals surface area contributed by atoms with Gasteiger partial charge in [0.2, 0.25) is 0 Å². The molecule has 1 heterocycles. The van der Waals surface area contributed by atoms with Crippen LogP contribution >= 0.6 is 11.6 Å². The number of halogens is 1. The summed E-state index contributed by atoms with van der Waals surface area (Å²) >= 11 is 6.11. The molecule has 1 atom stereocenters. The topological polar surface area (TPSA) is 57.6 Å². The van der Waals surface area contributed by atoms with Gasteiger partial charge in [0, 0.05) is 11.6 Å². The molecule has 0 aliphatic carbocycles. The number of amides is 1. The van der Waals surface area contributed by atoms with E-state index < -0.39 is 17.7 Å². The third kappa shape index (κ3) is 9.96. The fourth-order valence-electron chi connectivity index (χ4n) is 5.43. The van der Waals surface area contributed by atoms with E-state index in [-0.39, 0.29) is 11.4 Å². The Balaban J connectivity index is 1.49. The molecule has 1 aliphatic heterocycles. The number of hydrogen-bond donors (Lipinski definition) is 1. The molecule has 1 amide bonds. The molecule has 216 valence electrons. The smallest absolute Gasteiger partial charge is 0.290 e. The van der Waals surface area contributed by atoms with Gasteiger partial charge in [-0.25, -0.2) is 0 Å². The van der Waals surface area contributed by atoms with Crippen LogP contribution in [0.2, 0.25) is 5.02 Å². The highest BCUT2D eigenvalue weighted by Gasteiger charge is 2.42. The maximum absolute atomic E-state index is 13.3. The lowest BCUT2D eigenvalue weighted by Gasteiger charge is -2.26. The zero-order chi connectivity index (χ0) is 28.6. The largest absolute Gasteiger partial charge is 0.503 e. The summed E-state index contributed by atoms with van der Waals surface area (Å²) in [6.07, 6.45) is 20.8. The number of carbonyl (C=O) groups is 2. The number of nitrogens with zero attached hydrogens (tertiary/aromatic N) is 1. The van der Waals surface area contributed by atoms with E-state index >= 15 is 0 Å². The number of rotatable bonds is 19. The molecule has 1 N–H and O–H groups in total. The molecular weight excluding hydrogens is 518 g/mol. The molecule has 0 unspecified atom stereocenters. The number of carbonyl (C=O) groups excluding carboxylic acids is 2. The van der Waals surface area contributed by atoms with Gasteiger partial charge in [0.05, 0.1) is 11.6 Å². The number of unbranched alkanes of at least 4 members (excludes halogenated alkanes) is 13. The molecule has 0 fully saturated rings. The van der Waals surface area contributed by atoms with E-state index in [0.29, 0.717) is 11.6 Å². The lowest BCUT2D eigenvalue weighted by molar-refractivity contribution is -0.129. The van der Waals surface area contributed by atoms with Crippen molar-refractivity contribution in [2.45, 2.75) is 103 Å². The minimum atomic E-state index is -0.625. The van der Waals surface area contributed by atoms with Crippen LogP contribution in [-0.4, -0.2) is 28.2 Å². The molecule has 0 saturated carbocycles. The highest BCUT2D eigenvalue weighted by molar-refractivity contribution is 6.30. The van der Waals surface area contributed by atoms with Crippen molar-refractivity contribution < 1.29 is 14.7 Å². The van der Waals surface area contributed by atoms with Crippen molar-refractivity contribution in [2.75, 3.05) is 6.54 Å². The number of hydrogen-bond acceptors (Lipinski definition) is 3. The summed E-state index contributed by atoms with van der Waals surface area (Å²) in [5.41, 5.74) is 1.77. The maximum atomic E-state index is 13.3. The van der Waals surface area contributed by atoms with Crippen LogP contribution in [0.1, 0.15) is 114 Å². The van der Waals surface area contributed by atoms with Gasteiger partial charge in [-0.2, -0.15) is 0 Å². The van der Waals surface area contributed by atoms with Gasteiger partial charge in [0.25, 0.3) is 5.91 Å². The van der Waals surface area contributed by atoms with Crippen LogP contribution in [0.4, 0.5) is 0 Å². The molecule has 40 heavy (non-hydrogen) atoms. The Kier molecular flexibility index (Phi) is 14.1. The number of aliphatic hydroxyl groups is 1. The van der Waals surface area contributed by atoms with Crippen LogP contribution in [0, 0.1) is 0 Å². The van der Waals surface area contributed by atoms with E-state index in [1.165, 1.54) is 76.7 Å². The second-order valence-electron chi connectivity index (χ2n) is 10.9. The van der Waals surface area contributed by atoms with Gasteiger partial charge in [0.1, 0.15) is 0 Å². The summed E-state index contributed by atoms with van der Waals surface area (Å²) in [6.45, 7) is 2.75. The molecule has 2 aromatic rings. The SMILES string of the molecule is CCCCCCCCCCCCCCCCN1C(=O)C(O)=C(C(=O)/C=C/c2ccccc2)[C@@H]1c1ccc(Cl)cc1. The van der Waals surface area contributed by atoms with Crippen molar-refractivity contribution in [1.82, 2.24) is 4.90 Å². The third-order valence-electron chi connectivity index (χ3n) is 7.73. The average Bonchev–Trinajstić information content (AvgIpc) is 3.22. The van der Waals surface area contributed by atoms with Crippen molar-refractivity contribution in [3.05, 3.63) is 88.2 Å². The molecule has 2 aromatic carbocycles. The van der Waals surface area contributed by atoms with Crippen molar-refractivity contribution >= 4 is 29.4 Å². The van der Waals surface area contributed by atoms with Gasteiger partial charge in [-0.05, 0) is 35.8 Å². The Hall–Kier alpha value is -2.85. The Bertz CT molecular complexity index is 1110. The fraction of sp³-hybridized carbons (Fsp3) is 0.486. The predicted molar refractivity (Wildman–Crippen MR) is 166 cm³/mol. The first kappa shape index (κ1) is 31.7. The zero-order valence-corrected chi connectivity index (χ0v) is 24.9. The molecule has 3 rings (SSSR count). The third-order valence-corrected chi connectivity index (χ3v) is 7.99. The minimum absolute atomic E-state index is 0.130. The number of benzene rings is 2. The molecular formula is C35H46ClNO3. The van der Waals surface area contributed by atoms with Gasteiger partial charge in [-0.1, -0.05) is 151 Å². The molecule has 0 spiro atoms. The normalized spacial score (nSPS) is 15.5. The summed E-state index contributed by atoms with van der Waals surface area (Å²) in [6, 6.07) is 16.0. The van der Waals surface area contributed by atoms with Gasteiger partial charge in [0.15, 0.2) is 11.5 Å². The second kappa shape index (κ2) is 17.8. The van der Waals surface area contributed by atoms with Crippen molar-refractivity contribution in [3.63, 3.8) is 0 Å². The van der Waals surface area contributed by atoms with Crippen LogP contribution in [0.25, 0.3) is 6.08 Å². The summed E-state index contributed by atoms with van der Waals surface area (Å²) in [5.74, 6) is -1.29. The summed E-state index contributed by atoms with van der Waals surface area (Å²) in [4.78, 5) is 28.0. The molecule has 0 saturated heterocycles. The summed E-state index contributed by atoms with van der Waals surface area (Å²) < 4.78 is 0. The molecule has 0 aromatic heterocycles. The first-order chi connectivity index (χ1) is 19.5. The van der Waals surface area contributed by atoms with Crippen molar-refractivity contribution in [2.24, 2.45) is 0 Å². The highest BCUT2D eigenvalue weighted by atomic mass is 35.5. The number of aliphatic hydroxyl groups excluding tert-OH is 1. The van der Waals surface area contributed by atoms with Gasteiger partial charge in [-0.15, -0.1) is 0 Å². The van der Waals surface area contributed by atoms with E-state index in [0.717, 1.165) is 30.4 Å². The zero-order valence-electron chi connectivity index (χ0n) is 24.1. The standard InChI is InChI=1S/C35H46ClNO3/c1-2-3-4-5-6-7-8-9-10-11-12-13-14-18-27-37-33(29-22-24-30(36)25-23-29)32(34(39)35(37)40)31(38)26-21-28-19-16-15-17-20-28/h15-17,19-26,33,39H,2-14,18,27H2,1H3/b26-21+/t33-/m0/s1. The Morgan fingerprint density at radius 1 is 0.800 bits per heavy atom. The first-order valence-electron chi connectivity index (χ1n) is 15.3. The Morgan fingerprint density at radius 3 is 1.88 bits per heavy atom. The quantitative estimate of drug-likeness (QED) is 0.137. The minimum Gasteiger partial charge on any atom is -0.503 e.